The van der Waals surface area contributed by atoms with E-state index in [2.05, 4.69) is 48.5 Å². The van der Waals surface area contributed by atoms with Crippen LogP contribution in [-0.4, -0.2) is 6.04 Å². The SMILES string of the molecule is NC(Cc1cccc(Cl)c1)Cc1cccc2ccccc12. The van der Waals surface area contributed by atoms with Crippen LogP contribution in [0, 0.1) is 0 Å². The molecule has 2 heteroatoms. The molecule has 1 atom stereocenters. The molecule has 0 saturated heterocycles. The summed E-state index contributed by atoms with van der Waals surface area (Å²) in [5, 5.41) is 3.33. The molecule has 3 aromatic rings. The zero-order valence-electron chi connectivity index (χ0n) is 11.8. The van der Waals surface area contributed by atoms with Crippen molar-refractivity contribution in [2.24, 2.45) is 5.73 Å². The van der Waals surface area contributed by atoms with Gasteiger partial charge in [-0.05, 0) is 46.9 Å². The molecule has 106 valence electrons. The minimum Gasteiger partial charge on any atom is -0.327 e. The Kier molecular flexibility index (Phi) is 4.23. The van der Waals surface area contributed by atoms with Gasteiger partial charge in [-0.2, -0.15) is 0 Å². The van der Waals surface area contributed by atoms with Gasteiger partial charge < -0.3 is 5.73 Å². The first-order valence-corrected chi connectivity index (χ1v) is 7.57. The van der Waals surface area contributed by atoms with Crippen molar-refractivity contribution in [2.75, 3.05) is 0 Å². The lowest BCUT2D eigenvalue weighted by Crippen LogP contribution is -2.25. The Labute approximate surface area is 130 Å². The summed E-state index contributed by atoms with van der Waals surface area (Å²) in [6.07, 6.45) is 1.71. The van der Waals surface area contributed by atoms with E-state index < -0.39 is 0 Å². The van der Waals surface area contributed by atoms with Crippen LogP contribution < -0.4 is 5.73 Å². The lowest BCUT2D eigenvalue weighted by atomic mass is 9.96. The molecule has 0 heterocycles. The Morgan fingerprint density at radius 3 is 2.48 bits per heavy atom. The summed E-state index contributed by atoms with van der Waals surface area (Å²) in [7, 11) is 0. The zero-order chi connectivity index (χ0) is 14.7. The Balaban J connectivity index is 1.79. The highest BCUT2D eigenvalue weighted by atomic mass is 35.5. The highest BCUT2D eigenvalue weighted by Crippen LogP contribution is 2.20. The molecule has 3 aromatic carbocycles. The second kappa shape index (κ2) is 6.30. The monoisotopic (exact) mass is 295 g/mol. The van der Waals surface area contributed by atoms with Gasteiger partial charge in [-0.15, -0.1) is 0 Å². The van der Waals surface area contributed by atoms with Crippen LogP contribution in [0.1, 0.15) is 11.1 Å². The third-order valence-electron chi connectivity index (χ3n) is 3.75. The summed E-state index contributed by atoms with van der Waals surface area (Å²) in [5.41, 5.74) is 8.83. The molecule has 0 amide bonds. The lowest BCUT2D eigenvalue weighted by molar-refractivity contribution is 0.667. The summed E-state index contributed by atoms with van der Waals surface area (Å²) >= 11 is 6.03. The van der Waals surface area contributed by atoms with E-state index in [-0.39, 0.29) is 6.04 Å². The first kappa shape index (κ1) is 14.1. The number of benzene rings is 3. The van der Waals surface area contributed by atoms with Gasteiger partial charge in [-0.25, -0.2) is 0 Å². The number of hydrogen-bond acceptors (Lipinski definition) is 1. The van der Waals surface area contributed by atoms with Crippen molar-refractivity contribution in [2.45, 2.75) is 18.9 Å². The summed E-state index contributed by atoms with van der Waals surface area (Å²) in [6, 6.07) is 22.9. The van der Waals surface area contributed by atoms with Crippen molar-refractivity contribution in [3.05, 3.63) is 82.9 Å². The Morgan fingerprint density at radius 1 is 0.857 bits per heavy atom. The molecule has 21 heavy (non-hydrogen) atoms. The smallest absolute Gasteiger partial charge is 0.0408 e. The molecule has 2 N–H and O–H groups in total. The Morgan fingerprint density at radius 2 is 1.62 bits per heavy atom. The second-order valence-electron chi connectivity index (χ2n) is 5.44. The predicted molar refractivity (Wildman–Crippen MR) is 90.8 cm³/mol. The van der Waals surface area contributed by atoms with Crippen LogP contribution in [0.5, 0.6) is 0 Å². The van der Waals surface area contributed by atoms with Crippen LogP contribution in [0.2, 0.25) is 5.02 Å². The predicted octanol–water partition coefficient (Wildman–Crippen LogP) is 4.61. The first-order valence-electron chi connectivity index (χ1n) is 7.19. The van der Waals surface area contributed by atoms with E-state index in [4.69, 9.17) is 17.3 Å². The van der Waals surface area contributed by atoms with Crippen LogP contribution >= 0.6 is 11.6 Å². The average Bonchev–Trinajstić information content (AvgIpc) is 2.47. The number of rotatable bonds is 4. The van der Waals surface area contributed by atoms with Crippen LogP contribution in [0.3, 0.4) is 0 Å². The maximum absolute atomic E-state index is 6.34. The number of hydrogen-bond donors (Lipinski definition) is 1. The highest BCUT2D eigenvalue weighted by Gasteiger charge is 2.08. The van der Waals surface area contributed by atoms with Crippen LogP contribution in [0.15, 0.2) is 66.7 Å². The minimum atomic E-state index is 0.0919. The summed E-state index contributed by atoms with van der Waals surface area (Å²) in [6.45, 7) is 0. The summed E-state index contributed by atoms with van der Waals surface area (Å²) < 4.78 is 0. The summed E-state index contributed by atoms with van der Waals surface area (Å²) in [5.74, 6) is 0. The first-order chi connectivity index (χ1) is 10.2. The molecular weight excluding hydrogens is 278 g/mol. The fourth-order valence-corrected chi connectivity index (χ4v) is 3.00. The number of halogens is 1. The van der Waals surface area contributed by atoms with Gasteiger partial charge in [0.15, 0.2) is 0 Å². The van der Waals surface area contributed by atoms with E-state index in [0.29, 0.717) is 0 Å². The summed E-state index contributed by atoms with van der Waals surface area (Å²) in [4.78, 5) is 0. The molecule has 0 aromatic heterocycles. The molecule has 0 aliphatic heterocycles. The third-order valence-corrected chi connectivity index (χ3v) is 3.98. The van der Waals surface area contributed by atoms with Crippen molar-refractivity contribution in [3.63, 3.8) is 0 Å². The number of nitrogens with two attached hydrogens (primary N) is 1. The minimum absolute atomic E-state index is 0.0919. The van der Waals surface area contributed by atoms with Crippen LogP contribution in [-0.2, 0) is 12.8 Å². The molecule has 0 saturated carbocycles. The van der Waals surface area contributed by atoms with Gasteiger partial charge >= 0.3 is 0 Å². The maximum Gasteiger partial charge on any atom is 0.0408 e. The molecule has 1 nitrogen and oxygen atoms in total. The van der Waals surface area contributed by atoms with Gasteiger partial charge in [-0.3, -0.25) is 0 Å². The third kappa shape index (κ3) is 3.44. The quantitative estimate of drug-likeness (QED) is 0.747. The molecule has 0 radical (unpaired) electrons. The van der Waals surface area contributed by atoms with E-state index in [1.807, 2.05) is 18.2 Å². The Bertz CT molecular complexity index is 746. The standard InChI is InChI=1S/C19H18ClN/c20-17-9-3-5-14(11-17)12-18(21)13-16-8-4-7-15-6-1-2-10-19(15)16/h1-11,18H,12-13,21H2. The maximum atomic E-state index is 6.34. The topological polar surface area (TPSA) is 26.0 Å². The normalized spacial score (nSPS) is 12.5. The van der Waals surface area contributed by atoms with Crippen molar-refractivity contribution < 1.29 is 0 Å². The van der Waals surface area contributed by atoms with Crippen LogP contribution in [0.25, 0.3) is 10.8 Å². The largest absolute Gasteiger partial charge is 0.327 e. The van der Waals surface area contributed by atoms with Gasteiger partial charge in [-0.1, -0.05) is 66.2 Å². The number of fused-ring (bicyclic) bond motifs is 1. The van der Waals surface area contributed by atoms with Crippen molar-refractivity contribution >= 4 is 22.4 Å². The van der Waals surface area contributed by atoms with E-state index in [9.17, 15) is 0 Å². The zero-order valence-corrected chi connectivity index (χ0v) is 12.6. The van der Waals surface area contributed by atoms with E-state index in [1.54, 1.807) is 0 Å². The fraction of sp³-hybridized carbons (Fsp3) is 0.158. The lowest BCUT2D eigenvalue weighted by Gasteiger charge is -2.14. The molecule has 0 fully saturated rings. The van der Waals surface area contributed by atoms with Crippen molar-refractivity contribution in [1.29, 1.82) is 0 Å². The average molecular weight is 296 g/mol. The second-order valence-corrected chi connectivity index (χ2v) is 5.87. The molecule has 1 unspecified atom stereocenters. The van der Waals surface area contributed by atoms with Gasteiger partial charge in [0.1, 0.15) is 0 Å². The molecule has 3 rings (SSSR count). The molecule has 0 aliphatic carbocycles. The van der Waals surface area contributed by atoms with E-state index in [1.165, 1.54) is 21.9 Å². The van der Waals surface area contributed by atoms with Gasteiger partial charge in [0, 0.05) is 11.1 Å². The highest BCUT2D eigenvalue weighted by molar-refractivity contribution is 6.30. The van der Waals surface area contributed by atoms with Gasteiger partial charge in [0.2, 0.25) is 0 Å². The molecular formula is C19H18ClN. The van der Waals surface area contributed by atoms with E-state index >= 15 is 0 Å². The fourth-order valence-electron chi connectivity index (χ4n) is 2.79. The van der Waals surface area contributed by atoms with Crippen LogP contribution in [0.4, 0.5) is 0 Å². The van der Waals surface area contributed by atoms with Gasteiger partial charge in [0.05, 0.1) is 0 Å². The molecule has 0 aliphatic rings. The van der Waals surface area contributed by atoms with Gasteiger partial charge in [0.25, 0.3) is 0 Å². The van der Waals surface area contributed by atoms with Crippen molar-refractivity contribution in [1.82, 2.24) is 0 Å². The molecule has 0 bridgehead atoms. The molecule has 0 spiro atoms. The Hall–Kier alpha value is -1.83. The van der Waals surface area contributed by atoms with Crippen molar-refractivity contribution in [3.8, 4) is 0 Å². The van der Waals surface area contributed by atoms with E-state index in [0.717, 1.165) is 17.9 Å².